The Labute approximate surface area is 160 Å². The van der Waals surface area contributed by atoms with Crippen LogP contribution in [0, 0.1) is 17.6 Å². The maximum absolute atomic E-state index is 14.9. The second kappa shape index (κ2) is 6.43. The molecule has 2 aromatic rings. The molecule has 144 valence electrons. The van der Waals surface area contributed by atoms with Gasteiger partial charge < -0.3 is 9.84 Å². The van der Waals surface area contributed by atoms with Crippen LogP contribution in [-0.4, -0.2) is 26.2 Å². The van der Waals surface area contributed by atoms with Crippen molar-refractivity contribution in [3.63, 3.8) is 0 Å². The number of hydrogen-bond donors (Lipinski definition) is 1. The van der Waals surface area contributed by atoms with Gasteiger partial charge in [-0.05, 0) is 55.7 Å². The zero-order valence-electron chi connectivity index (χ0n) is 14.2. The standard InChI is InChI=1S/C19H17ClF2O4S/c20-12-1-3-14(4-2-12)27(24,25)19-8-7-13(23)9-11(19)10-26-18-16(22)6-5-15(21)17(18)19/h1-6,11,13,23H,7-10H2/t11?,13?,19-/m0/s1. The van der Waals surface area contributed by atoms with Gasteiger partial charge in [0.05, 0.1) is 23.2 Å². The predicted octanol–water partition coefficient (Wildman–Crippen LogP) is 3.84. The number of aliphatic hydroxyl groups is 1. The lowest BCUT2D eigenvalue weighted by Gasteiger charge is -2.48. The van der Waals surface area contributed by atoms with E-state index in [4.69, 9.17) is 16.3 Å². The van der Waals surface area contributed by atoms with Crippen LogP contribution in [-0.2, 0) is 14.6 Å². The summed E-state index contributed by atoms with van der Waals surface area (Å²) < 4.78 is 60.4. The molecule has 0 radical (unpaired) electrons. The molecular weight excluding hydrogens is 398 g/mol. The van der Waals surface area contributed by atoms with Crippen LogP contribution in [0.25, 0.3) is 0 Å². The molecule has 2 aromatic carbocycles. The Bertz CT molecular complexity index is 994. The summed E-state index contributed by atoms with van der Waals surface area (Å²) in [6.07, 6.45) is -0.452. The molecule has 0 saturated heterocycles. The summed E-state index contributed by atoms with van der Waals surface area (Å²) in [6, 6.07) is 7.46. The van der Waals surface area contributed by atoms with Crippen molar-refractivity contribution in [3.05, 3.63) is 58.6 Å². The molecule has 1 N–H and O–H groups in total. The molecule has 2 unspecified atom stereocenters. The summed E-state index contributed by atoms with van der Waals surface area (Å²) in [4.78, 5) is -0.0233. The minimum Gasteiger partial charge on any atom is -0.490 e. The Balaban J connectivity index is 2.02. The Morgan fingerprint density at radius 3 is 2.48 bits per heavy atom. The van der Waals surface area contributed by atoms with E-state index in [1.807, 2.05) is 0 Å². The summed E-state index contributed by atoms with van der Waals surface area (Å²) in [5.41, 5.74) is -0.277. The molecule has 1 aliphatic heterocycles. The van der Waals surface area contributed by atoms with Crippen LogP contribution in [0.1, 0.15) is 24.8 Å². The smallest absolute Gasteiger partial charge is 0.188 e. The molecule has 0 amide bonds. The van der Waals surface area contributed by atoms with Gasteiger partial charge in [0.1, 0.15) is 10.6 Å². The maximum atomic E-state index is 14.9. The number of rotatable bonds is 2. The monoisotopic (exact) mass is 414 g/mol. The highest BCUT2D eigenvalue weighted by Crippen LogP contribution is 2.56. The van der Waals surface area contributed by atoms with Crippen LogP contribution in [0.4, 0.5) is 8.78 Å². The van der Waals surface area contributed by atoms with Gasteiger partial charge in [-0.2, -0.15) is 0 Å². The minimum atomic E-state index is -4.13. The van der Waals surface area contributed by atoms with Crippen molar-refractivity contribution in [3.8, 4) is 5.75 Å². The third kappa shape index (κ3) is 2.67. The molecule has 0 spiro atoms. The molecule has 0 aromatic heterocycles. The maximum Gasteiger partial charge on any atom is 0.188 e. The van der Waals surface area contributed by atoms with Crippen LogP contribution >= 0.6 is 11.6 Å². The number of aliphatic hydroxyl groups excluding tert-OH is 1. The minimum absolute atomic E-state index is 0.0233. The molecule has 0 bridgehead atoms. The topological polar surface area (TPSA) is 63.6 Å². The molecule has 1 fully saturated rings. The Hall–Kier alpha value is -1.70. The molecular formula is C19H17ClF2O4S. The summed E-state index contributed by atoms with van der Waals surface area (Å²) in [5.74, 6) is -2.70. The van der Waals surface area contributed by atoms with Crippen LogP contribution < -0.4 is 4.74 Å². The van der Waals surface area contributed by atoms with E-state index in [0.29, 0.717) is 5.02 Å². The van der Waals surface area contributed by atoms with E-state index in [-0.39, 0.29) is 42.1 Å². The Morgan fingerprint density at radius 2 is 1.78 bits per heavy atom. The van der Waals surface area contributed by atoms with Gasteiger partial charge in [0.2, 0.25) is 0 Å². The van der Waals surface area contributed by atoms with E-state index in [0.717, 1.165) is 12.1 Å². The average Bonchev–Trinajstić information content (AvgIpc) is 2.64. The molecule has 4 nitrogen and oxygen atoms in total. The normalized spacial score (nSPS) is 27.4. The fourth-order valence-electron chi connectivity index (χ4n) is 4.32. The number of ether oxygens (including phenoxy) is 1. The van der Waals surface area contributed by atoms with Gasteiger partial charge >= 0.3 is 0 Å². The lowest BCUT2D eigenvalue weighted by atomic mass is 9.72. The largest absolute Gasteiger partial charge is 0.490 e. The fourth-order valence-corrected chi connectivity index (χ4v) is 6.81. The second-order valence-corrected chi connectivity index (χ2v) is 9.66. The van der Waals surface area contributed by atoms with Crippen LogP contribution in [0.2, 0.25) is 5.02 Å². The number of halogens is 3. The summed E-state index contributed by atoms with van der Waals surface area (Å²) in [7, 11) is -4.13. The van der Waals surface area contributed by atoms with Crippen LogP contribution in [0.5, 0.6) is 5.75 Å². The van der Waals surface area contributed by atoms with Gasteiger partial charge in [-0.3, -0.25) is 0 Å². The number of fused-ring (bicyclic) bond motifs is 3. The summed E-state index contributed by atoms with van der Waals surface area (Å²) >= 11 is 5.87. The first-order chi connectivity index (χ1) is 12.8. The van der Waals surface area contributed by atoms with E-state index in [2.05, 4.69) is 0 Å². The van der Waals surface area contributed by atoms with E-state index >= 15 is 0 Å². The highest BCUT2D eigenvalue weighted by Gasteiger charge is 2.59. The van der Waals surface area contributed by atoms with Gasteiger partial charge in [0, 0.05) is 10.9 Å². The lowest BCUT2D eigenvalue weighted by Crippen LogP contribution is -2.53. The highest BCUT2D eigenvalue weighted by molar-refractivity contribution is 7.92. The van der Waals surface area contributed by atoms with Crippen molar-refractivity contribution < 1.29 is 27.0 Å². The molecule has 4 rings (SSSR count). The van der Waals surface area contributed by atoms with Crippen molar-refractivity contribution >= 4 is 21.4 Å². The van der Waals surface area contributed by atoms with Crippen molar-refractivity contribution in [2.45, 2.75) is 35.0 Å². The molecule has 1 saturated carbocycles. The summed E-state index contributed by atoms with van der Waals surface area (Å²) in [6.45, 7) is -0.114. The quantitative estimate of drug-likeness (QED) is 0.811. The van der Waals surface area contributed by atoms with Crippen molar-refractivity contribution in [1.82, 2.24) is 0 Å². The SMILES string of the molecule is O=S(=O)(c1ccc(Cl)cc1)[C@@]12CCC(O)CC1COc1c(F)ccc(F)c12. The van der Waals surface area contributed by atoms with Crippen molar-refractivity contribution in [1.29, 1.82) is 0 Å². The van der Waals surface area contributed by atoms with Crippen LogP contribution in [0.3, 0.4) is 0 Å². The first-order valence-electron chi connectivity index (χ1n) is 8.57. The molecule has 1 heterocycles. The first kappa shape index (κ1) is 18.7. The van der Waals surface area contributed by atoms with E-state index in [9.17, 15) is 22.3 Å². The Morgan fingerprint density at radius 1 is 1.11 bits per heavy atom. The molecule has 2 aliphatic rings. The number of sulfone groups is 1. The van der Waals surface area contributed by atoms with Gasteiger partial charge in [0.15, 0.2) is 21.4 Å². The second-order valence-electron chi connectivity index (χ2n) is 7.02. The fraction of sp³-hybridized carbons (Fsp3) is 0.368. The van der Waals surface area contributed by atoms with Gasteiger partial charge in [-0.1, -0.05) is 11.6 Å². The zero-order valence-corrected chi connectivity index (χ0v) is 15.7. The molecule has 1 aliphatic carbocycles. The van der Waals surface area contributed by atoms with E-state index in [1.165, 1.54) is 24.3 Å². The highest BCUT2D eigenvalue weighted by atomic mass is 35.5. The van der Waals surface area contributed by atoms with E-state index < -0.39 is 38.2 Å². The number of benzene rings is 2. The average molecular weight is 415 g/mol. The van der Waals surface area contributed by atoms with Gasteiger partial charge in [-0.15, -0.1) is 0 Å². The molecule has 3 atom stereocenters. The van der Waals surface area contributed by atoms with Crippen molar-refractivity contribution in [2.24, 2.45) is 5.92 Å². The van der Waals surface area contributed by atoms with E-state index in [1.54, 1.807) is 0 Å². The molecule has 8 heteroatoms. The van der Waals surface area contributed by atoms with Crippen molar-refractivity contribution in [2.75, 3.05) is 6.61 Å². The lowest BCUT2D eigenvalue weighted by molar-refractivity contribution is 0.0395. The number of hydrogen-bond acceptors (Lipinski definition) is 4. The molecule has 27 heavy (non-hydrogen) atoms. The third-order valence-electron chi connectivity index (χ3n) is 5.58. The third-order valence-corrected chi connectivity index (χ3v) is 8.42. The van der Waals surface area contributed by atoms with Gasteiger partial charge in [0.25, 0.3) is 0 Å². The van der Waals surface area contributed by atoms with Crippen LogP contribution in [0.15, 0.2) is 41.3 Å². The predicted molar refractivity (Wildman–Crippen MR) is 95.5 cm³/mol. The zero-order chi connectivity index (χ0) is 19.4. The van der Waals surface area contributed by atoms with Gasteiger partial charge in [-0.25, -0.2) is 17.2 Å². The Kier molecular flexibility index (Phi) is 4.44. The summed E-state index contributed by atoms with van der Waals surface area (Å²) in [5, 5.41) is 10.4. The first-order valence-corrected chi connectivity index (χ1v) is 10.4.